The van der Waals surface area contributed by atoms with Gasteiger partial charge in [0.1, 0.15) is 0 Å². The molecule has 2 aromatic rings. The Balaban J connectivity index is 1.55. The summed E-state index contributed by atoms with van der Waals surface area (Å²) < 4.78 is 5.49. The first-order valence-corrected chi connectivity index (χ1v) is 5.58. The molecule has 0 bridgehead atoms. The van der Waals surface area contributed by atoms with Gasteiger partial charge in [0.2, 0.25) is 5.89 Å². The minimum Gasteiger partial charge on any atom is -0.408 e. The van der Waals surface area contributed by atoms with Crippen LogP contribution in [0.25, 0.3) is 0 Å². The van der Waals surface area contributed by atoms with Gasteiger partial charge in [-0.3, -0.25) is 0 Å². The van der Waals surface area contributed by atoms with Crippen LogP contribution in [-0.2, 0) is 13.0 Å². The van der Waals surface area contributed by atoms with Crippen molar-refractivity contribution in [1.82, 2.24) is 15.2 Å². The van der Waals surface area contributed by atoms with E-state index in [0.29, 0.717) is 12.6 Å². The molecule has 1 aliphatic rings. The van der Waals surface area contributed by atoms with Crippen LogP contribution in [0, 0.1) is 5.92 Å². The molecule has 2 aromatic heterocycles. The van der Waals surface area contributed by atoms with Gasteiger partial charge in [-0.25, -0.2) is 0 Å². The second-order valence-corrected chi connectivity index (χ2v) is 4.22. The smallest absolute Gasteiger partial charge is 0.315 e. The molecular weight excluding hydrogens is 204 g/mol. The number of rotatable bonds is 5. The molecule has 16 heavy (non-hydrogen) atoms. The molecule has 0 aliphatic heterocycles. The fraction of sp³-hybridized carbons (Fsp3) is 0.455. The van der Waals surface area contributed by atoms with Gasteiger partial charge in [0.05, 0.1) is 0 Å². The molecule has 0 unspecified atom stereocenters. The van der Waals surface area contributed by atoms with Gasteiger partial charge in [-0.15, -0.1) is 5.10 Å². The molecule has 0 aromatic carbocycles. The first-order valence-electron chi connectivity index (χ1n) is 5.58. The normalized spacial score (nSPS) is 15.2. The summed E-state index contributed by atoms with van der Waals surface area (Å²) in [6.07, 6.45) is 7.36. The van der Waals surface area contributed by atoms with E-state index in [1.165, 1.54) is 18.4 Å². The van der Waals surface area contributed by atoms with Crippen LogP contribution in [0.2, 0.25) is 0 Å². The van der Waals surface area contributed by atoms with Gasteiger partial charge < -0.3 is 14.7 Å². The highest BCUT2D eigenvalue weighted by atomic mass is 16.4. The summed E-state index contributed by atoms with van der Waals surface area (Å²) in [5.74, 6) is 1.53. The number of hydrogen-bond acceptors (Lipinski definition) is 4. The Labute approximate surface area is 93.3 Å². The molecule has 0 spiro atoms. The summed E-state index contributed by atoms with van der Waals surface area (Å²) in [5, 5.41) is 11.1. The first kappa shape index (κ1) is 9.45. The van der Waals surface area contributed by atoms with Gasteiger partial charge in [-0.1, -0.05) is 5.10 Å². The van der Waals surface area contributed by atoms with Crippen LogP contribution in [0.3, 0.4) is 0 Å². The van der Waals surface area contributed by atoms with Crippen molar-refractivity contribution in [2.75, 3.05) is 5.32 Å². The topological polar surface area (TPSA) is 66.7 Å². The molecule has 2 N–H and O–H groups in total. The Kier molecular flexibility index (Phi) is 2.36. The molecule has 1 saturated carbocycles. The predicted molar refractivity (Wildman–Crippen MR) is 58.8 cm³/mol. The lowest BCUT2D eigenvalue weighted by atomic mass is 10.3. The van der Waals surface area contributed by atoms with E-state index in [1.807, 2.05) is 18.5 Å². The molecule has 5 nitrogen and oxygen atoms in total. The Hall–Kier alpha value is -1.78. The highest BCUT2D eigenvalue weighted by Crippen LogP contribution is 2.32. The lowest BCUT2D eigenvalue weighted by Crippen LogP contribution is -1.97. The Bertz CT molecular complexity index is 444. The molecule has 0 amide bonds. The maximum absolute atomic E-state index is 5.49. The van der Waals surface area contributed by atoms with Gasteiger partial charge >= 0.3 is 6.01 Å². The van der Waals surface area contributed by atoms with Crippen molar-refractivity contribution in [2.24, 2.45) is 5.92 Å². The van der Waals surface area contributed by atoms with Crippen LogP contribution in [0.15, 0.2) is 22.9 Å². The van der Waals surface area contributed by atoms with Crippen LogP contribution in [-0.4, -0.2) is 15.2 Å². The third-order valence-electron chi connectivity index (χ3n) is 2.73. The van der Waals surface area contributed by atoms with Gasteiger partial charge in [-0.05, 0) is 30.4 Å². The number of nitrogens with zero attached hydrogens (tertiary/aromatic N) is 2. The average molecular weight is 218 g/mol. The van der Waals surface area contributed by atoms with E-state index in [4.69, 9.17) is 4.42 Å². The maximum Gasteiger partial charge on any atom is 0.315 e. The highest BCUT2D eigenvalue weighted by Gasteiger charge is 2.24. The molecule has 0 atom stereocenters. The average Bonchev–Trinajstić information content (AvgIpc) is 2.81. The number of aromatic amines is 1. The van der Waals surface area contributed by atoms with Crippen LogP contribution in [0.4, 0.5) is 6.01 Å². The second-order valence-electron chi connectivity index (χ2n) is 4.22. The Morgan fingerprint density at radius 3 is 3.12 bits per heavy atom. The molecular formula is C11H14N4O. The molecule has 1 fully saturated rings. The van der Waals surface area contributed by atoms with E-state index in [2.05, 4.69) is 20.5 Å². The molecule has 0 radical (unpaired) electrons. The van der Waals surface area contributed by atoms with E-state index in [0.717, 1.165) is 18.2 Å². The zero-order valence-corrected chi connectivity index (χ0v) is 8.94. The van der Waals surface area contributed by atoms with Crippen molar-refractivity contribution in [3.63, 3.8) is 0 Å². The zero-order chi connectivity index (χ0) is 10.8. The summed E-state index contributed by atoms with van der Waals surface area (Å²) in [5.41, 5.74) is 1.17. The summed E-state index contributed by atoms with van der Waals surface area (Å²) in [6, 6.07) is 2.52. The van der Waals surface area contributed by atoms with Crippen LogP contribution in [0.5, 0.6) is 0 Å². The number of H-pyrrole nitrogens is 1. The largest absolute Gasteiger partial charge is 0.408 e. The first-order chi connectivity index (χ1) is 7.90. The second kappa shape index (κ2) is 4.00. The summed E-state index contributed by atoms with van der Waals surface area (Å²) in [6.45, 7) is 0.703. The zero-order valence-electron chi connectivity index (χ0n) is 8.94. The number of hydrogen-bond donors (Lipinski definition) is 2. The van der Waals surface area contributed by atoms with E-state index in [-0.39, 0.29) is 0 Å². The van der Waals surface area contributed by atoms with Crippen LogP contribution >= 0.6 is 0 Å². The third kappa shape index (κ3) is 2.24. The lowest BCUT2D eigenvalue weighted by Gasteiger charge is -1.97. The lowest BCUT2D eigenvalue weighted by molar-refractivity contribution is 0.491. The van der Waals surface area contributed by atoms with Gasteiger partial charge in [-0.2, -0.15) is 0 Å². The van der Waals surface area contributed by atoms with Crippen LogP contribution < -0.4 is 5.32 Å². The molecule has 1 aliphatic carbocycles. The molecule has 2 heterocycles. The van der Waals surface area contributed by atoms with Crippen molar-refractivity contribution in [3.05, 3.63) is 29.9 Å². The van der Waals surface area contributed by atoms with Crippen molar-refractivity contribution in [2.45, 2.75) is 25.8 Å². The monoisotopic (exact) mass is 218 g/mol. The van der Waals surface area contributed by atoms with Crippen molar-refractivity contribution >= 4 is 6.01 Å². The van der Waals surface area contributed by atoms with Gasteiger partial charge in [0.15, 0.2) is 0 Å². The number of nitrogens with one attached hydrogen (secondary N) is 2. The van der Waals surface area contributed by atoms with Gasteiger partial charge in [0, 0.05) is 25.4 Å². The van der Waals surface area contributed by atoms with Crippen molar-refractivity contribution in [3.8, 4) is 0 Å². The molecule has 5 heteroatoms. The minimum atomic E-state index is 0.511. The fourth-order valence-electron chi connectivity index (χ4n) is 1.62. The van der Waals surface area contributed by atoms with E-state index in [1.54, 1.807) is 0 Å². The predicted octanol–water partition coefficient (Wildman–Crippen LogP) is 1.96. The van der Waals surface area contributed by atoms with E-state index < -0.39 is 0 Å². The number of aromatic nitrogens is 3. The highest BCUT2D eigenvalue weighted by molar-refractivity contribution is 5.21. The molecule has 3 rings (SSSR count). The Morgan fingerprint density at radius 2 is 2.38 bits per heavy atom. The van der Waals surface area contributed by atoms with Crippen molar-refractivity contribution in [1.29, 1.82) is 0 Å². The summed E-state index contributed by atoms with van der Waals surface area (Å²) >= 11 is 0. The van der Waals surface area contributed by atoms with Gasteiger partial charge in [0.25, 0.3) is 0 Å². The molecule has 0 saturated heterocycles. The summed E-state index contributed by atoms with van der Waals surface area (Å²) in [7, 11) is 0. The standard InChI is InChI=1S/C11H14N4O/c1-2-8(1)5-10-14-15-11(16-10)13-7-9-3-4-12-6-9/h3-4,6,8,12H,1-2,5,7H2,(H,13,15). The quantitative estimate of drug-likeness (QED) is 0.805. The maximum atomic E-state index is 5.49. The number of anilines is 1. The molecule has 84 valence electrons. The van der Waals surface area contributed by atoms with Crippen LogP contribution in [0.1, 0.15) is 24.3 Å². The van der Waals surface area contributed by atoms with E-state index in [9.17, 15) is 0 Å². The van der Waals surface area contributed by atoms with Crippen molar-refractivity contribution < 1.29 is 4.42 Å². The third-order valence-corrected chi connectivity index (χ3v) is 2.73. The SMILES string of the molecule is c1cc(CNc2nnc(CC3CC3)o2)c[nH]1. The van der Waals surface area contributed by atoms with E-state index >= 15 is 0 Å². The Morgan fingerprint density at radius 1 is 1.44 bits per heavy atom. The minimum absolute atomic E-state index is 0.511. The fourth-order valence-corrected chi connectivity index (χ4v) is 1.62. The summed E-state index contributed by atoms with van der Waals surface area (Å²) in [4.78, 5) is 3.00.